The first-order valence-corrected chi connectivity index (χ1v) is 9.53. The Morgan fingerprint density at radius 3 is 2.35 bits per heavy atom. The van der Waals surface area contributed by atoms with Crippen LogP contribution in [0.15, 0.2) is 48.5 Å². The zero-order chi connectivity index (χ0) is 22.1. The number of imide groups is 1. The number of phenolic OH excluding ortho intramolecular Hbond substituents is 1. The lowest BCUT2D eigenvalue weighted by Gasteiger charge is -2.13. The van der Waals surface area contributed by atoms with E-state index in [4.69, 9.17) is 11.6 Å². The Kier molecular flexibility index (Phi) is 4.07. The van der Waals surface area contributed by atoms with Gasteiger partial charge in [-0.05, 0) is 35.9 Å². The molecule has 5 nitrogen and oxygen atoms in total. The molecule has 1 aliphatic heterocycles. The number of aromatic nitrogens is 1. The van der Waals surface area contributed by atoms with Crippen LogP contribution in [0.1, 0.15) is 20.7 Å². The monoisotopic (exact) mass is 444 g/mol. The van der Waals surface area contributed by atoms with Gasteiger partial charge in [-0.1, -0.05) is 29.8 Å². The SMILES string of the molecule is O=C1NC(=O)c2c1c(-c1ccccc1Cl)cc1c2c2cc(O)ccc2n1CC(F)(F)F. The van der Waals surface area contributed by atoms with Crippen molar-refractivity contribution in [3.8, 4) is 16.9 Å². The summed E-state index contributed by atoms with van der Waals surface area (Å²) in [4.78, 5) is 25.4. The van der Waals surface area contributed by atoms with Gasteiger partial charge in [0.25, 0.3) is 11.8 Å². The van der Waals surface area contributed by atoms with Crippen molar-refractivity contribution in [3.05, 3.63) is 64.7 Å². The Balaban J connectivity index is 2.01. The number of phenols is 1. The maximum Gasteiger partial charge on any atom is 0.406 e. The van der Waals surface area contributed by atoms with Gasteiger partial charge in [0, 0.05) is 26.9 Å². The Morgan fingerprint density at radius 1 is 0.935 bits per heavy atom. The first-order chi connectivity index (χ1) is 14.7. The minimum Gasteiger partial charge on any atom is -0.508 e. The average Bonchev–Trinajstić information content (AvgIpc) is 3.14. The second-order valence-electron chi connectivity index (χ2n) is 7.23. The van der Waals surface area contributed by atoms with E-state index in [2.05, 4.69) is 5.32 Å². The molecule has 0 saturated carbocycles. The van der Waals surface area contributed by atoms with Crippen molar-refractivity contribution in [1.29, 1.82) is 0 Å². The molecule has 4 aromatic rings. The minimum atomic E-state index is -4.54. The molecule has 1 aliphatic rings. The number of carbonyl (C=O) groups is 2. The molecule has 2 amide bonds. The molecule has 0 aliphatic carbocycles. The summed E-state index contributed by atoms with van der Waals surface area (Å²) < 4.78 is 41.3. The molecule has 9 heteroatoms. The lowest BCUT2D eigenvalue weighted by Crippen LogP contribution is -2.20. The standard InChI is InChI=1S/C22H12ClF3N2O3/c23-14-4-2-1-3-11(14)12-8-16-17(19-18(12)20(30)27-21(19)31)13-7-10(29)5-6-15(13)28(16)9-22(24,25)26/h1-8,29H,9H2,(H,27,30,31). The summed E-state index contributed by atoms with van der Waals surface area (Å²) in [5.41, 5.74) is 0.965. The predicted octanol–water partition coefficient (Wildman–Crippen LogP) is 5.27. The number of carbonyl (C=O) groups excluding carboxylic acids is 2. The molecule has 0 bridgehead atoms. The number of fused-ring (bicyclic) bond motifs is 5. The van der Waals surface area contributed by atoms with E-state index in [-0.39, 0.29) is 49.3 Å². The van der Waals surface area contributed by atoms with Gasteiger partial charge in [0.2, 0.25) is 0 Å². The molecule has 0 atom stereocenters. The highest BCUT2D eigenvalue weighted by atomic mass is 35.5. The summed E-state index contributed by atoms with van der Waals surface area (Å²) in [5.74, 6) is -1.55. The molecular formula is C22H12ClF3N2O3. The van der Waals surface area contributed by atoms with Crippen molar-refractivity contribution in [3.63, 3.8) is 0 Å². The quantitative estimate of drug-likeness (QED) is 0.414. The van der Waals surface area contributed by atoms with E-state index in [0.717, 1.165) is 4.57 Å². The zero-order valence-corrected chi connectivity index (χ0v) is 16.3. The van der Waals surface area contributed by atoms with Gasteiger partial charge in [0.1, 0.15) is 12.3 Å². The number of rotatable bonds is 2. The lowest BCUT2D eigenvalue weighted by atomic mass is 9.93. The summed E-state index contributed by atoms with van der Waals surface area (Å²) in [5, 5.41) is 12.9. The molecule has 0 unspecified atom stereocenters. The average molecular weight is 445 g/mol. The highest BCUT2D eigenvalue weighted by Crippen LogP contribution is 2.43. The van der Waals surface area contributed by atoms with E-state index in [0.29, 0.717) is 5.56 Å². The molecule has 0 radical (unpaired) electrons. The highest BCUT2D eigenvalue weighted by Gasteiger charge is 2.36. The van der Waals surface area contributed by atoms with Crippen molar-refractivity contribution < 1.29 is 27.9 Å². The number of amides is 2. The fourth-order valence-electron chi connectivity index (χ4n) is 4.18. The summed E-state index contributed by atoms with van der Waals surface area (Å²) in [6, 6.07) is 11.9. The normalized spacial score (nSPS) is 13.8. The van der Waals surface area contributed by atoms with Crippen LogP contribution < -0.4 is 5.32 Å². The van der Waals surface area contributed by atoms with Crippen LogP contribution >= 0.6 is 11.6 Å². The minimum absolute atomic E-state index is 0.0334. The van der Waals surface area contributed by atoms with E-state index in [1.165, 1.54) is 24.3 Å². The summed E-state index contributed by atoms with van der Waals surface area (Å²) in [6.07, 6.45) is -4.54. The Morgan fingerprint density at radius 2 is 1.65 bits per heavy atom. The van der Waals surface area contributed by atoms with Crippen LogP contribution in [-0.2, 0) is 6.54 Å². The van der Waals surface area contributed by atoms with Crippen molar-refractivity contribution in [2.24, 2.45) is 0 Å². The van der Waals surface area contributed by atoms with Crippen LogP contribution in [0.25, 0.3) is 32.9 Å². The Bertz CT molecular complexity index is 1440. The number of aromatic hydroxyl groups is 1. The molecule has 1 aromatic heterocycles. The van der Waals surface area contributed by atoms with E-state index in [9.17, 15) is 27.9 Å². The molecule has 5 rings (SSSR count). The number of alkyl halides is 3. The fourth-order valence-corrected chi connectivity index (χ4v) is 4.41. The van der Waals surface area contributed by atoms with Crippen molar-refractivity contribution in [2.75, 3.05) is 0 Å². The van der Waals surface area contributed by atoms with Gasteiger partial charge in [-0.3, -0.25) is 14.9 Å². The van der Waals surface area contributed by atoms with E-state index in [1.54, 1.807) is 24.3 Å². The molecule has 31 heavy (non-hydrogen) atoms. The van der Waals surface area contributed by atoms with Crippen molar-refractivity contribution >= 4 is 45.2 Å². The highest BCUT2D eigenvalue weighted by molar-refractivity contribution is 6.36. The van der Waals surface area contributed by atoms with Gasteiger partial charge >= 0.3 is 6.18 Å². The van der Waals surface area contributed by atoms with Crippen LogP contribution in [0, 0.1) is 0 Å². The van der Waals surface area contributed by atoms with Gasteiger partial charge in [0.05, 0.1) is 16.6 Å². The molecule has 0 saturated heterocycles. The second kappa shape index (κ2) is 6.49. The number of halogens is 4. The number of benzene rings is 3. The van der Waals surface area contributed by atoms with Crippen molar-refractivity contribution in [2.45, 2.75) is 12.7 Å². The number of hydrogen-bond donors (Lipinski definition) is 2. The molecule has 2 N–H and O–H groups in total. The third kappa shape index (κ3) is 2.94. The Hall–Kier alpha value is -3.52. The summed E-state index contributed by atoms with van der Waals surface area (Å²) in [6.45, 7) is -1.31. The maximum atomic E-state index is 13.4. The molecule has 3 aromatic carbocycles. The molecule has 2 heterocycles. The topological polar surface area (TPSA) is 71.3 Å². The number of nitrogens with one attached hydrogen (secondary N) is 1. The molecular weight excluding hydrogens is 433 g/mol. The number of hydrogen-bond acceptors (Lipinski definition) is 3. The first-order valence-electron chi connectivity index (χ1n) is 9.15. The van der Waals surface area contributed by atoms with Gasteiger partial charge in [-0.25, -0.2) is 0 Å². The molecule has 156 valence electrons. The van der Waals surface area contributed by atoms with Crippen LogP contribution in [-0.4, -0.2) is 27.7 Å². The molecule has 0 fully saturated rings. The van der Waals surface area contributed by atoms with Gasteiger partial charge in [-0.15, -0.1) is 0 Å². The third-order valence-electron chi connectivity index (χ3n) is 5.32. The second-order valence-corrected chi connectivity index (χ2v) is 7.64. The smallest absolute Gasteiger partial charge is 0.406 e. The zero-order valence-electron chi connectivity index (χ0n) is 15.5. The summed E-state index contributed by atoms with van der Waals surface area (Å²) in [7, 11) is 0. The first kappa shape index (κ1) is 19.4. The number of nitrogens with zero attached hydrogens (tertiary/aromatic N) is 1. The van der Waals surface area contributed by atoms with Gasteiger partial charge in [-0.2, -0.15) is 13.2 Å². The van der Waals surface area contributed by atoms with Crippen LogP contribution in [0.5, 0.6) is 5.75 Å². The summed E-state index contributed by atoms with van der Waals surface area (Å²) >= 11 is 6.30. The van der Waals surface area contributed by atoms with Crippen LogP contribution in [0.4, 0.5) is 13.2 Å². The fraction of sp³-hybridized carbons (Fsp3) is 0.0909. The van der Waals surface area contributed by atoms with E-state index < -0.39 is 24.5 Å². The lowest BCUT2D eigenvalue weighted by molar-refractivity contribution is -0.139. The largest absolute Gasteiger partial charge is 0.508 e. The molecule has 0 spiro atoms. The van der Waals surface area contributed by atoms with E-state index in [1.807, 2.05) is 0 Å². The van der Waals surface area contributed by atoms with Crippen LogP contribution in [0.3, 0.4) is 0 Å². The maximum absolute atomic E-state index is 13.4. The van der Waals surface area contributed by atoms with Crippen LogP contribution in [0.2, 0.25) is 5.02 Å². The van der Waals surface area contributed by atoms with Crippen molar-refractivity contribution in [1.82, 2.24) is 9.88 Å². The predicted molar refractivity (Wildman–Crippen MR) is 109 cm³/mol. The van der Waals surface area contributed by atoms with Gasteiger partial charge < -0.3 is 9.67 Å². The van der Waals surface area contributed by atoms with Gasteiger partial charge in [0.15, 0.2) is 0 Å². The third-order valence-corrected chi connectivity index (χ3v) is 5.65. The van der Waals surface area contributed by atoms with E-state index >= 15 is 0 Å². The Labute approximate surface area is 177 Å².